The van der Waals surface area contributed by atoms with Crippen LogP contribution in [-0.4, -0.2) is 28.9 Å². The first-order valence-corrected chi connectivity index (χ1v) is 7.26. The number of amides is 1. The van der Waals surface area contributed by atoms with E-state index in [0.29, 0.717) is 29.8 Å². The number of piperidine rings is 1. The summed E-state index contributed by atoms with van der Waals surface area (Å²) in [6, 6.07) is 5.40. The minimum Gasteiger partial charge on any atom is -0.358 e. The van der Waals surface area contributed by atoms with Crippen molar-refractivity contribution in [1.82, 2.24) is 9.88 Å². The molecule has 1 aromatic rings. The van der Waals surface area contributed by atoms with E-state index in [1.54, 1.807) is 23.2 Å². The van der Waals surface area contributed by atoms with Crippen LogP contribution in [0.3, 0.4) is 0 Å². The summed E-state index contributed by atoms with van der Waals surface area (Å²) in [5.41, 5.74) is 0.636. The molecule has 1 aromatic heterocycles. The normalized spacial score (nSPS) is 16.4. The van der Waals surface area contributed by atoms with Crippen LogP contribution in [0.15, 0.2) is 30.1 Å². The average molecular weight is 305 g/mol. The lowest BCUT2D eigenvalue weighted by Gasteiger charge is -2.30. The maximum Gasteiger partial charge on any atom is 0.266 e. The molecule has 6 heteroatoms. The van der Waals surface area contributed by atoms with Crippen LogP contribution in [0.25, 0.3) is 0 Å². The Labute approximate surface area is 129 Å². The first kappa shape index (κ1) is 15.3. The van der Waals surface area contributed by atoms with Crippen molar-refractivity contribution in [3.8, 4) is 6.07 Å². The highest BCUT2D eigenvalue weighted by molar-refractivity contribution is 6.32. The van der Waals surface area contributed by atoms with E-state index < -0.39 is 0 Å². The molecule has 0 radical (unpaired) electrons. The van der Waals surface area contributed by atoms with E-state index >= 15 is 0 Å². The molecule has 1 aliphatic heterocycles. The minimum absolute atomic E-state index is 0.0736. The second-order valence-corrected chi connectivity index (χ2v) is 5.49. The number of aromatic nitrogens is 1. The highest BCUT2D eigenvalue weighted by atomic mass is 35.5. The zero-order valence-electron chi connectivity index (χ0n) is 11.8. The third kappa shape index (κ3) is 3.96. The molecular weight excluding hydrogens is 288 g/mol. The van der Waals surface area contributed by atoms with Crippen molar-refractivity contribution in [3.63, 3.8) is 0 Å². The van der Waals surface area contributed by atoms with Gasteiger partial charge in [-0.05, 0) is 30.9 Å². The summed E-state index contributed by atoms with van der Waals surface area (Å²) >= 11 is 5.91. The summed E-state index contributed by atoms with van der Waals surface area (Å²) in [6.45, 7) is 3.58. The van der Waals surface area contributed by atoms with Gasteiger partial charge < -0.3 is 10.2 Å². The molecule has 5 nitrogen and oxygen atoms in total. The van der Waals surface area contributed by atoms with E-state index in [2.05, 4.69) is 17.2 Å². The lowest BCUT2D eigenvalue weighted by Crippen LogP contribution is -2.38. The lowest BCUT2D eigenvalue weighted by molar-refractivity contribution is -0.128. The van der Waals surface area contributed by atoms with Crippen LogP contribution in [0.1, 0.15) is 19.8 Å². The standard InChI is InChI=1S/C15H17ClN4O/c1-11-4-7-20(8-5-11)15(21)12(9-17)10-19-13-3-2-6-18-14(13)16/h2-3,6,10-11,19H,4-5,7-8H2,1H3/b12-10-. The quantitative estimate of drug-likeness (QED) is 0.529. The minimum atomic E-state index is -0.239. The number of halogens is 1. The number of nitrogens with zero attached hydrogens (tertiary/aromatic N) is 3. The summed E-state index contributed by atoms with van der Waals surface area (Å²) in [6.07, 6.45) is 4.92. The predicted octanol–water partition coefficient (Wildman–Crippen LogP) is 2.81. The number of rotatable bonds is 3. The Balaban J connectivity index is 2.05. The van der Waals surface area contributed by atoms with E-state index in [4.69, 9.17) is 11.6 Å². The van der Waals surface area contributed by atoms with E-state index in [9.17, 15) is 10.1 Å². The summed E-state index contributed by atoms with van der Waals surface area (Å²) in [4.78, 5) is 17.9. The number of nitriles is 1. The van der Waals surface area contributed by atoms with Gasteiger partial charge in [0.25, 0.3) is 5.91 Å². The zero-order chi connectivity index (χ0) is 15.2. The van der Waals surface area contributed by atoms with Gasteiger partial charge in [0.1, 0.15) is 11.6 Å². The maximum absolute atomic E-state index is 12.3. The molecule has 0 unspecified atom stereocenters. The Morgan fingerprint density at radius 1 is 1.57 bits per heavy atom. The molecule has 1 saturated heterocycles. The topological polar surface area (TPSA) is 69.0 Å². The molecule has 1 aliphatic rings. The maximum atomic E-state index is 12.3. The van der Waals surface area contributed by atoms with Gasteiger partial charge in [0.2, 0.25) is 0 Å². The fourth-order valence-electron chi connectivity index (χ4n) is 2.17. The van der Waals surface area contributed by atoms with Crippen molar-refractivity contribution in [2.75, 3.05) is 18.4 Å². The summed E-state index contributed by atoms with van der Waals surface area (Å²) in [5, 5.41) is 12.3. The molecular formula is C15H17ClN4O. The van der Waals surface area contributed by atoms with Crippen LogP contribution in [0, 0.1) is 17.2 Å². The fourth-order valence-corrected chi connectivity index (χ4v) is 2.34. The molecule has 1 amide bonds. The van der Waals surface area contributed by atoms with Crippen LogP contribution < -0.4 is 5.32 Å². The van der Waals surface area contributed by atoms with Crippen LogP contribution in [0.2, 0.25) is 5.15 Å². The molecule has 1 fully saturated rings. The summed E-state index contributed by atoms with van der Waals surface area (Å²) < 4.78 is 0. The van der Waals surface area contributed by atoms with Gasteiger partial charge in [0, 0.05) is 25.5 Å². The van der Waals surface area contributed by atoms with Crippen molar-refractivity contribution < 1.29 is 4.79 Å². The highest BCUT2D eigenvalue weighted by Gasteiger charge is 2.22. The Hall–Kier alpha value is -2.06. The van der Waals surface area contributed by atoms with E-state index in [-0.39, 0.29) is 11.5 Å². The number of pyridine rings is 1. The van der Waals surface area contributed by atoms with Crippen molar-refractivity contribution in [1.29, 1.82) is 5.26 Å². The third-order valence-electron chi connectivity index (χ3n) is 3.55. The van der Waals surface area contributed by atoms with E-state index in [0.717, 1.165) is 12.8 Å². The lowest BCUT2D eigenvalue weighted by atomic mass is 9.99. The Bertz CT molecular complexity index is 586. The van der Waals surface area contributed by atoms with Gasteiger partial charge in [0.05, 0.1) is 5.69 Å². The number of nitrogens with one attached hydrogen (secondary N) is 1. The zero-order valence-corrected chi connectivity index (χ0v) is 12.6. The van der Waals surface area contributed by atoms with Crippen LogP contribution in [0.4, 0.5) is 5.69 Å². The van der Waals surface area contributed by atoms with Crippen molar-refractivity contribution in [2.45, 2.75) is 19.8 Å². The Morgan fingerprint density at radius 2 is 2.29 bits per heavy atom. The second-order valence-electron chi connectivity index (χ2n) is 5.13. The summed E-state index contributed by atoms with van der Waals surface area (Å²) in [5.74, 6) is 0.396. The predicted molar refractivity (Wildman–Crippen MR) is 81.5 cm³/mol. The van der Waals surface area contributed by atoms with E-state index in [1.165, 1.54) is 6.20 Å². The number of anilines is 1. The number of carbonyl (C=O) groups is 1. The molecule has 2 rings (SSSR count). The third-order valence-corrected chi connectivity index (χ3v) is 3.85. The monoisotopic (exact) mass is 304 g/mol. The molecule has 0 atom stereocenters. The molecule has 0 saturated carbocycles. The smallest absolute Gasteiger partial charge is 0.266 e. The van der Waals surface area contributed by atoms with Crippen LogP contribution in [0.5, 0.6) is 0 Å². The average Bonchev–Trinajstić information content (AvgIpc) is 2.50. The van der Waals surface area contributed by atoms with Crippen molar-refractivity contribution in [3.05, 3.63) is 35.3 Å². The fraction of sp³-hybridized carbons (Fsp3) is 0.400. The Morgan fingerprint density at radius 3 is 2.90 bits per heavy atom. The number of likely N-dealkylation sites (tertiary alicyclic amines) is 1. The summed E-state index contributed by atoms with van der Waals surface area (Å²) in [7, 11) is 0. The number of carbonyl (C=O) groups excluding carboxylic acids is 1. The number of hydrogen-bond acceptors (Lipinski definition) is 4. The molecule has 110 valence electrons. The molecule has 0 aliphatic carbocycles. The second kappa shape index (κ2) is 7.09. The van der Waals surface area contributed by atoms with Gasteiger partial charge in [-0.25, -0.2) is 4.98 Å². The highest BCUT2D eigenvalue weighted by Crippen LogP contribution is 2.19. The van der Waals surface area contributed by atoms with Crippen LogP contribution in [-0.2, 0) is 4.79 Å². The SMILES string of the molecule is CC1CCN(C(=O)/C(C#N)=C\Nc2cccnc2Cl)CC1. The van der Waals surface area contributed by atoms with E-state index in [1.807, 2.05) is 6.07 Å². The van der Waals surface area contributed by atoms with Crippen LogP contribution >= 0.6 is 11.6 Å². The van der Waals surface area contributed by atoms with Gasteiger partial charge in [-0.1, -0.05) is 18.5 Å². The van der Waals surface area contributed by atoms with Gasteiger partial charge in [-0.2, -0.15) is 5.26 Å². The van der Waals surface area contributed by atoms with Gasteiger partial charge in [-0.15, -0.1) is 0 Å². The molecule has 0 spiro atoms. The molecule has 1 N–H and O–H groups in total. The van der Waals surface area contributed by atoms with Crippen molar-refractivity contribution in [2.24, 2.45) is 5.92 Å². The first-order chi connectivity index (χ1) is 10.1. The van der Waals surface area contributed by atoms with Gasteiger partial charge in [0.15, 0.2) is 5.15 Å². The van der Waals surface area contributed by atoms with Gasteiger partial charge >= 0.3 is 0 Å². The first-order valence-electron chi connectivity index (χ1n) is 6.88. The largest absolute Gasteiger partial charge is 0.358 e. The Kier molecular flexibility index (Phi) is 5.18. The molecule has 0 bridgehead atoms. The molecule has 21 heavy (non-hydrogen) atoms. The molecule has 2 heterocycles. The van der Waals surface area contributed by atoms with Crippen molar-refractivity contribution >= 4 is 23.2 Å². The molecule has 0 aromatic carbocycles. The van der Waals surface area contributed by atoms with Gasteiger partial charge in [-0.3, -0.25) is 4.79 Å². The number of hydrogen-bond donors (Lipinski definition) is 1.